The van der Waals surface area contributed by atoms with Crippen molar-refractivity contribution < 1.29 is 19.4 Å². The number of methoxy groups -OCH3 is 1. The Labute approximate surface area is 176 Å². The van der Waals surface area contributed by atoms with Gasteiger partial charge in [0.25, 0.3) is 0 Å². The van der Waals surface area contributed by atoms with Crippen LogP contribution in [0.3, 0.4) is 0 Å². The third-order valence-corrected chi connectivity index (χ3v) is 4.44. The van der Waals surface area contributed by atoms with Gasteiger partial charge in [0, 0.05) is 7.11 Å². The number of ether oxygens (including phenoxy) is 2. The van der Waals surface area contributed by atoms with Gasteiger partial charge in [-0.2, -0.15) is 0 Å². The van der Waals surface area contributed by atoms with Crippen LogP contribution in [-0.4, -0.2) is 25.0 Å². The van der Waals surface area contributed by atoms with E-state index >= 15 is 0 Å². The fraction of sp³-hybridized carbons (Fsp3) is 0.115. The predicted molar refractivity (Wildman–Crippen MR) is 118 cm³/mol. The molecule has 150 valence electrons. The molecule has 4 heteroatoms. The van der Waals surface area contributed by atoms with Crippen molar-refractivity contribution in [3.8, 4) is 28.7 Å². The third kappa shape index (κ3) is 5.38. The fourth-order valence-electron chi connectivity index (χ4n) is 2.89. The van der Waals surface area contributed by atoms with Crippen molar-refractivity contribution in [2.45, 2.75) is 6.92 Å². The topological polar surface area (TPSA) is 55.8 Å². The van der Waals surface area contributed by atoms with Crippen LogP contribution in [0.25, 0.3) is 17.2 Å². The van der Waals surface area contributed by atoms with Crippen LogP contribution in [0.15, 0.2) is 72.8 Å². The summed E-state index contributed by atoms with van der Waals surface area (Å²) in [5.41, 5.74) is 5.28. The number of carboxylic acid groups (broad SMARTS) is 1. The molecule has 0 amide bonds. The van der Waals surface area contributed by atoms with Crippen molar-refractivity contribution in [3.05, 3.63) is 95.1 Å². The standard InChI is InChI=1S/C26H22O4/c1-19-11-13-21(14-12-19)24-10-6-5-8-20(24)7-3-4-9-22-15-16-23(26(27)28)17-25(22)30-18-29-2/h3,5-8,10-17H,18H2,1-2H3,(H,27,28)/b7-3+. The number of aromatic carboxylic acids is 1. The van der Waals surface area contributed by atoms with E-state index in [1.54, 1.807) is 12.1 Å². The van der Waals surface area contributed by atoms with Gasteiger partial charge in [-0.15, -0.1) is 0 Å². The second-order valence-corrected chi connectivity index (χ2v) is 6.62. The van der Waals surface area contributed by atoms with Crippen LogP contribution in [-0.2, 0) is 4.74 Å². The molecule has 0 aliphatic rings. The van der Waals surface area contributed by atoms with Gasteiger partial charge >= 0.3 is 5.97 Å². The van der Waals surface area contributed by atoms with Crippen molar-refractivity contribution in [1.82, 2.24) is 0 Å². The van der Waals surface area contributed by atoms with Gasteiger partial charge in [-0.1, -0.05) is 65.9 Å². The van der Waals surface area contributed by atoms with Gasteiger partial charge in [0.15, 0.2) is 6.79 Å². The quantitative estimate of drug-likeness (QED) is 0.446. The number of allylic oxidation sites excluding steroid dienone is 1. The maximum atomic E-state index is 11.2. The molecule has 0 unspecified atom stereocenters. The zero-order valence-corrected chi connectivity index (χ0v) is 16.9. The van der Waals surface area contributed by atoms with E-state index in [1.807, 2.05) is 24.3 Å². The summed E-state index contributed by atoms with van der Waals surface area (Å²) >= 11 is 0. The van der Waals surface area contributed by atoms with Crippen molar-refractivity contribution in [3.63, 3.8) is 0 Å². The third-order valence-electron chi connectivity index (χ3n) is 4.44. The average molecular weight is 398 g/mol. The lowest BCUT2D eigenvalue weighted by Crippen LogP contribution is -2.03. The molecule has 3 aromatic carbocycles. The number of hydrogen-bond donors (Lipinski definition) is 1. The normalized spacial score (nSPS) is 10.5. The van der Waals surface area contributed by atoms with Crippen LogP contribution >= 0.6 is 0 Å². The highest BCUT2D eigenvalue weighted by atomic mass is 16.7. The Balaban J connectivity index is 1.85. The molecule has 0 saturated carbocycles. The molecule has 3 aromatic rings. The molecular weight excluding hydrogens is 376 g/mol. The minimum atomic E-state index is -1.02. The molecule has 4 nitrogen and oxygen atoms in total. The smallest absolute Gasteiger partial charge is 0.335 e. The van der Waals surface area contributed by atoms with E-state index in [1.165, 1.54) is 24.8 Å². The summed E-state index contributed by atoms with van der Waals surface area (Å²) in [5.74, 6) is 5.37. The number of carboxylic acids is 1. The second-order valence-electron chi connectivity index (χ2n) is 6.62. The Bertz CT molecular complexity index is 1120. The fourth-order valence-corrected chi connectivity index (χ4v) is 2.89. The molecular formula is C26H22O4. The minimum Gasteiger partial charge on any atom is -0.478 e. The molecule has 0 heterocycles. The van der Waals surface area contributed by atoms with E-state index in [9.17, 15) is 4.79 Å². The van der Waals surface area contributed by atoms with Gasteiger partial charge in [-0.25, -0.2) is 4.79 Å². The summed E-state index contributed by atoms with van der Waals surface area (Å²) in [7, 11) is 1.50. The van der Waals surface area contributed by atoms with E-state index in [2.05, 4.69) is 49.1 Å². The summed E-state index contributed by atoms with van der Waals surface area (Å²) in [6, 6.07) is 21.1. The first-order chi connectivity index (χ1) is 14.6. The van der Waals surface area contributed by atoms with Gasteiger partial charge in [0.2, 0.25) is 0 Å². The number of hydrogen-bond acceptors (Lipinski definition) is 3. The van der Waals surface area contributed by atoms with Crippen LogP contribution in [0.4, 0.5) is 0 Å². The van der Waals surface area contributed by atoms with Gasteiger partial charge in [-0.3, -0.25) is 0 Å². The summed E-state index contributed by atoms with van der Waals surface area (Å²) in [6.07, 6.45) is 3.74. The minimum absolute atomic E-state index is 0.0114. The van der Waals surface area contributed by atoms with Crippen molar-refractivity contribution in [1.29, 1.82) is 0 Å². The molecule has 0 spiro atoms. The molecule has 0 fully saturated rings. The molecule has 0 atom stereocenters. The second kappa shape index (κ2) is 10.1. The lowest BCUT2D eigenvalue weighted by molar-refractivity contribution is 0.0505. The Morgan fingerprint density at radius 1 is 1.07 bits per heavy atom. The van der Waals surface area contributed by atoms with Gasteiger partial charge in [0.1, 0.15) is 5.75 Å². The first-order valence-electron chi connectivity index (χ1n) is 9.41. The summed E-state index contributed by atoms with van der Waals surface area (Å²) in [5, 5.41) is 9.17. The van der Waals surface area contributed by atoms with Crippen LogP contribution < -0.4 is 4.74 Å². The molecule has 0 radical (unpaired) electrons. The highest BCUT2D eigenvalue weighted by Crippen LogP contribution is 2.25. The van der Waals surface area contributed by atoms with Gasteiger partial charge in [0.05, 0.1) is 11.1 Å². The Morgan fingerprint density at radius 2 is 1.83 bits per heavy atom. The molecule has 0 aliphatic heterocycles. The summed E-state index contributed by atoms with van der Waals surface area (Å²) in [6.45, 7) is 2.08. The van der Waals surface area contributed by atoms with E-state index < -0.39 is 5.97 Å². The number of rotatable bonds is 6. The van der Waals surface area contributed by atoms with E-state index in [4.69, 9.17) is 14.6 Å². The first-order valence-corrected chi connectivity index (χ1v) is 9.41. The Hall–Kier alpha value is -3.81. The van der Waals surface area contributed by atoms with Crippen LogP contribution in [0.2, 0.25) is 0 Å². The molecule has 0 aliphatic carbocycles. The monoisotopic (exact) mass is 398 g/mol. The van der Waals surface area contributed by atoms with E-state index in [0.717, 1.165) is 16.7 Å². The van der Waals surface area contributed by atoms with Crippen molar-refractivity contribution in [2.75, 3.05) is 13.9 Å². The van der Waals surface area contributed by atoms with E-state index in [0.29, 0.717) is 11.3 Å². The Kier molecular flexibility index (Phi) is 7.05. The molecule has 0 saturated heterocycles. The molecule has 0 bridgehead atoms. The molecule has 0 aromatic heterocycles. The first kappa shape index (κ1) is 20.9. The molecule has 1 N–H and O–H groups in total. The largest absolute Gasteiger partial charge is 0.478 e. The lowest BCUT2D eigenvalue weighted by atomic mass is 9.98. The Morgan fingerprint density at radius 3 is 2.57 bits per heavy atom. The maximum absolute atomic E-state index is 11.2. The molecule has 30 heavy (non-hydrogen) atoms. The summed E-state index contributed by atoms with van der Waals surface area (Å²) < 4.78 is 10.4. The zero-order valence-electron chi connectivity index (χ0n) is 16.9. The lowest BCUT2D eigenvalue weighted by Gasteiger charge is -2.08. The number of aryl methyl sites for hydroxylation is 1. The van der Waals surface area contributed by atoms with E-state index in [-0.39, 0.29) is 12.4 Å². The van der Waals surface area contributed by atoms with Crippen molar-refractivity contribution in [2.24, 2.45) is 0 Å². The summed E-state index contributed by atoms with van der Waals surface area (Å²) in [4.78, 5) is 11.2. The highest BCUT2D eigenvalue weighted by Gasteiger charge is 2.08. The number of benzene rings is 3. The highest BCUT2D eigenvalue weighted by molar-refractivity contribution is 5.88. The predicted octanol–water partition coefficient (Wildman–Crippen LogP) is 5.41. The number of carbonyl (C=O) groups is 1. The van der Waals surface area contributed by atoms with Gasteiger partial charge in [-0.05, 0) is 54.0 Å². The van der Waals surface area contributed by atoms with Crippen LogP contribution in [0.1, 0.15) is 27.0 Å². The average Bonchev–Trinajstić information content (AvgIpc) is 2.76. The van der Waals surface area contributed by atoms with Crippen LogP contribution in [0, 0.1) is 18.8 Å². The SMILES string of the molecule is COCOc1cc(C(=O)O)ccc1C#C/C=C/c1ccccc1-c1ccc(C)cc1. The van der Waals surface area contributed by atoms with Gasteiger partial charge < -0.3 is 14.6 Å². The van der Waals surface area contributed by atoms with Crippen LogP contribution in [0.5, 0.6) is 5.75 Å². The zero-order chi connectivity index (χ0) is 21.3. The van der Waals surface area contributed by atoms with Crippen molar-refractivity contribution >= 4 is 12.0 Å². The molecule has 3 rings (SSSR count). The maximum Gasteiger partial charge on any atom is 0.335 e.